The van der Waals surface area contributed by atoms with E-state index in [1.807, 2.05) is 13.8 Å². The smallest absolute Gasteiger partial charge is 0.262 e. The second-order valence-electron chi connectivity index (χ2n) is 6.37. The van der Waals surface area contributed by atoms with Gasteiger partial charge in [0.1, 0.15) is 0 Å². The van der Waals surface area contributed by atoms with Gasteiger partial charge in [-0.25, -0.2) is 4.98 Å². The van der Waals surface area contributed by atoms with Crippen LogP contribution >= 0.6 is 23.4 Å². The second-order valence-corrected chi connectivity index (χ2v) is 7.75. The molecule has 0 bridgehead atoms. The first-order chi connectivity index (χ1) is 13.4. The number of nitrogens with one attached hydrogen (secondary N) is 1. The Morgan fingerprint density at radius 1 is 1.43 bits per heavy atom. The molecule has 0 aliphatic heterocycles. The number of allylic oxidation sites excluding steroid dienone is 1. The van der Waals surface area contributed by atoms with Crippen LogP contribution in [0.5, 0.6) is 0 Å². The summed E-state index contributed by atoms with van der Waals surface area (Å²) in [5.74, 6) is 0.247. The Balaban J connectivity index is 1.80. The zero-order chi connectivity index (χ0) is 20.3. The number of nitrogens with zero attached hydrogens (tertiary/aromatic N) is 3. The van der Waals surface area contributed by atoms with Gasteiger partial charge in [-0.3, -0.25) is 19.5 Å². The number of anilines is 1. The number of benzene rings is 1. The molecule has 1 aromatic carbocycles. The number of fused-ring (bicyclic) bond motifs is 1. The van der Waals surface area contributed by atoms with Gasteiger partial charge in [0, 0.05) is 17.6 Å². The molecule has 0 fully saturated rings. The first-order valence-electron chi connectivity index (χ1n) is 8.59. The maximum Gasteiger partial charge on any atom is 0.262 e. The van der Waals surface area contributed by atoms with E-state index >= 15 is 0 Å². The summed E-state index contributed by atoms with van der Waals surface area (Å²) in [5, 5.41) is 7.92. The largest absolute Gasteiger partial charge is 0.338 e. The summed E-state index contributed by atoms with van der Waals surface area (Å²) in [7, 11) is 0. The molecule has 9 heteroatoms. The molecule has 146 valence electrons. The van der Waals surface area contributed by atoms with Gasteiger partial charge in [-0.2, -0.15) is 0 Å². The lowest BCUT2D eigenvalue weighted by Gasteiger charge is -2.11. The molecule has 0 saturated carbocycles. The van der Waals surface area contributed by atoms with Crippen molar-refractivity contribution in [1.29, 1.82) is 0 Å². The highest BCUT2D eigenvalue weighted by molar-refractivity contribution is 7.99. The van der Waals surface area contributed by atoms with Gasteiger partial charge in [0.25, 0.3) is 5.56 Å². The Kier molecular flexibility index (Phi) is 6.21. The molecule has 7 nitrogen and oxygen atoms in total. The zero-order valence-electron chi connectivity index (χ0n) is 15.4. The van der Waals surface area contributed by atoms with Gasteiger partial charge in [0.2, 0.25) is 11.8 Å². The molecule has 0 radical (unpaired) electrons. The summed E-state index contributed by atoms with van der Waals surface area (Å²) >= 11 is 7.16. The predicted molar refractivity (Wildman–Crippen MR) is 111 cm³/mol. The van der Waals surface area contributed by atoms with Crippen molar-refractivity contribution in [1.82, 2.24) is 14.7 Å². The van der Waals surface area contributed by atoms with Gasteiger partial charge in [-0.1, -0.05) is 48.4 Å². The van der Waals surface area contributed by atoms with Crippen molar-refractivity contribution in [3.05, 3.63) is 58.0 Å². The van der Waals surface area contributed by atoms with E-state index in [0.29, 0.717) is 21.1 Å². The number of halogens is 1. The van der Waals surface area contributed by atoms with Gasteiger partial charge < -0.3 is 4.52 Å². The van der Waals surface area contributed by atoms with E-state index in [1.165, 1.54) is 4.57 Å². The van der Waals surface area contributed by atoms with Crippen molar-refractivity contribution in [3.63, 3.8) is 0 Å². The molecule has 0 unspecified atom stereocenters. The third-order valence-corrected chi connectivity index (χ3v) is 5.12. The van der Waals surface area contributed by atoms with E-state index in [-0.39, 0.29) is 35.6 Å². The van der Waals surface area contributed by atoms with Crippen molar-refractivity contribution >= 4 is 46.1 Å². The molecule has 0 spiro atoms. The molecule has 3 aromatic rings. The number of carbonyl (C=O) groups excluding carboxylic acids is 1. The molecule has 3 rings (SSSR count). The van der Waals surface area contributed by atoms with E-state index in [9.17, 15) is 9.59 Å². The van der Waals surface area contributed by atoms with E-state index in [4.69, 9.17) is 16.1 Å². The fourth-order valence-electron chi connectivity index (χ4n) is 2.50. The predicted octanol–water partition coefficient (Wildman–Crippen LogP) is 4.08. The molecule has 28 heavy (non-hydrogen) atoms. The van der Waals surface area contributed by atoms with E-state index < -0.39 is 0 Å². The van der Waals surface area contributed by atoms with Crippen LogP contribution in [0.25, 0.3) is 10.9 Å². The van der Waals surface area contributed by atoms with Crippen molar-refractivity contribution in [3.8, 4) is 0 Å². The van der Waals surface area contributed by atoms with Crippen LogP contribution in [0.2, 0.25) is 5.02 Å². The minimum absolute atomic E-state index is 0.0490. The third-order valence-electron chi connectivity index (χ3n) is 3.91. The van der Waals surface area contributed by atoms with Crippen molar-refractivity contribution in [2.24, 2.45) is 0 Å². The Morgan fingerprint density at radius 3 is 2.89 bits per heavy atom. The van der Waals surface area contributed by atoms with Crippen LogP contribution in [0, 0.1) is 0 Å². The van der Waals surface area contributed by atoms with E-state index in [0.717, 1.165) is 17.5 Å². The number of hydrogen-bond acceptors (Lipinski definition) is 6. The van der Waals surface area contributed by atoms with E-state index in [2.05, 4.69) is 22.0 Å². The number of hydrogen-bond donors (Lipinski definition) is 1. The molecule has 1 amide bonds. The highest BCUT2D eigenvalue weighted by Crippen LogP contribution is 2.22. The van der Waals surface area contributed by atoms with Gasteiger partial charge >= 0.3 is 0 Å². The van der Waals surface area contributed by atoms with Crippen molar-refractivity contribution in [2.45, 2.75) is 31.5 Å². The van der Waals surface area contributed by atoms with Crippen LogP contribution in [0.1, 0.15) is 25.5 Å². The van der Waals surface area contributed by atoms with E-state index in [1.54, 1.807) is 30.3 Å². The summed E-state index contributed by atoms with van der Waals surface area (Å²) in [6, 6.07) is 6.61. The highest BCUT2D eigenvalue weighted by Gasteiger charge is 2.15. The Labute approximate surface area is 170 Å². The summed E-state index contributed by atoms with van der Waals surface area (Å²) < 4.78 is 6.59. The Hall–Kier alpha value is -2.58. The molecular weight excluding hydrogens is 400 g/mol. The lowest BCUT2D eigenvalue weighted by atomic mass is 10.1. The minimum atomic E-state index is -0.290. The number of rotatable bonds is 7. The summed E-state index contributed by atoms with van der Waals surface area (Å²) in [4.78, 5) is 29.5. The van der Waals surface area contributed by atoms with Crippen LogP contribution in [-0.4, -0.2) is 26.4 Å². The van der Waals surface area contributed by atoms with Crippen LogP contribution < -0.4 is 10.9 Å². The summed E-state index contributed by atoms with van der Waals surface area (Å²) in [6.07, 6.45) is 1.61. The standard InChI is InChI=1S/C19H19ClN4O3S/c1-4-7-24-18(26)13-6-5-12(20)8-15(13)21-19(24)28-10-16(25)22-17-9-14(11(2)3)23-27-17/h4-6,8-9,11H,1,7,10H2,2-3H3,(H,22,25). The van der Waals surface area contributed by atoms with Gasteiger partial charge in [-0.05, 0) is 24.1 Å². The SMILES string of the molecule is C=CCn1c(SCC(=O)Nc2cc(C(C)C)no2)nc2cc(Cl)ccc2c1=O. The first kappa shape index (κ1) is 20.2. The molecule has 2 heterocycles. The van der Waals surface area contributed by atoms with Gasteiger partial charge in [-0.15, -0.1) is 6.58 Å². The monoisotopic (exact) mass is 418 g/mol. The molecule has 1 N–H and O–H groups in total. The molecule has 2 aromatic heterocycles. The van der Waals surface area contributed by atoms with Crippen molar-refractivity contribution < 1.29 is 9.32 Å². The Morgan fingerprint density at radius 2 is 2.21 bits per heavy atom. The lowest BCUT2D eigenvalue weighted by molar-refractivity contribution is -0.113. The normalized spacial score (nSPS) is 11.1. The summed E-state index contributed by atoms with van der Waals surface area (Å²) in [6.45, 7) is 7.93. The quantitative estimate of drug-likeness (QED) is 0.353. The topological polar surface area (TPSA) is 90.0 Å². The highest BCUT2D eigenvalue weighted by atomic mass is 35.5. The molecule has 0 aliphatic rings. The number of aromatic nitrogens is 3. The first-order valence-corrected chi connectivity index (χ1v) is 9.95. The molecular formula is C19H19ClN4O3S. The average molecular weight is 419 g/mol. The fraction of sp³-hybridized carbons (Fsp3) is 0.263. The van der Waals surface area contributed by atoms with Gasteiger partial charge in [0.05, 0.1) is 22.3 Å². The van der Waals surface area contributed by atoms with Crippen LogP contribution in [0.15, 0.2) is 51.4 Å². The zero-order valence-corrected chi connectivity index (χ0v) is 17.0. The van der Waals surface area contributed by atoms with Crippen molar-refractivity contribution in [2.75, 3.05) is 11.1 Å². The maximum absolute atomic E-state index is 12.7. The summed E-state index contributed by atoms with van der Waals surface area (Å²) in [5.41, 5.74) is 1.04. The minimum Gasteiger partial charge on any atom is -0.338 e. The number of thioether (sulfide) groups is 1. The fourth-order valence-corrected chi connectivity index (χ4v) is 3.47. The van der Waals surface area contributed by atoms with Crippen LogP contribution in [0.4, 0.5) is 5.88 Å². The molecule has 0 saturated heterocycles. The number of carbonyl (C=O) groups is 1. The maximum atomic E-state index is 12.7. The second kappa shape index (κ2) is 8.62. The Bertz CT molecular complexity index is 1090. The molecule has 0 aliphatic carbocycles. The van der Waals surface area contributed by atoms with Gasteiger partial charge in [0.15, 0.2) is 5.16 Å². The van der Waals surface area contributed by atoms with Crippen LogP contribution in [-0.2, 0) is 11.3 Å². The third kappa shape index (κ3) is 4.45. The lowest BCUT2D eigenvalue weighted by Crippen LogP contribution is -2.23. The average Bonchev–Trinajstić information content (AvgIpc) is 3.11. The number of amides is 1. The molecule has 0 atom stereocenters. The van der Waals surface area contributed by atoms with Crippen LogP contribution in [0.3, 0.4) is 0 Å².